The number of carbonyl (C=O) groups excluding carboxylic acids is 1. The average Bonchev–Trinajstić information content (AvgIpc) is 3.36. The lowest BCUT2D eigenvalue weighted by atomic mass is 10.2. The van der Waals surface area contributed by atoms with E-state index in [1.807, 2.05) is 10.6 Å². The molecule has 9 nitrogen and oxygen atoms in total. The number of anilines is 1. The number of carbonyl (C=O) groups is 1. The number of nitrogens with one attached hydrogen (secondary N) is 1. The predicted octanol–water partition coefficient (Wildman–Crippen LogP) is 2.19. The zero-order valence-corrected chi connectivity index (χ0v) is 16.9. The van der Waals surface area contributed by atoms with Gasteiger partial charge in [-0.3, -0.25) is 4.90 Å². The number of nitrogen functional groups attached to an aromatic ring is 1. The quantitative estimate of drug-likeness (QED) is 0.549. The Morgan fingerprint density at radius 1 is 1.20 bits per heavy atom. The summed E-state index contributed by atoms with van der Waals surface area (Å²) in [6, 6.07) is 10.5. The highest BCUT2D eigenvalue weighted by Gasteiger charge is 2.24. The van der Waals surface area contributed by atoms with Crippen LogP contribution >= 0.6 is 0 Å². The van der Waals surface area contributed by atoms with Crippen LogP contribution in [0.4, 0.5) is 10.6 Å². The van der Waals surface area contributed by atoms with Gasteiger partial charge in [0.1, 0.15) is 11.8 Å². The minimum Gasteiger partial charge on any atom is -0.450 e. The lowest BCUT2D eigenvalue weighted by Gasteiger charge is -2.16. The number of benzene rings is 1. The molecule has 30 heavy (non-hydrogen) atoms. The molecule has 3 N–H and O–H groups in total. The highest BCUT2D eigenvalue weighted by Crippen LogP contribution is 2.15. The van der Waals surface area contributed by atoms with Crippen LogP contribution in [0, 0.1) is 0 Å². The molecule has 1 aliphatic rings. The summed E-state index contributed by atoms with van der Waals surface area (Å²) < 4.78 is 7.28. The van der Waals surface area contributed by atoms with Crippen molar-refractivity contribution in [2.75, 3.05) is 25.4 Å². The van der Waals surface area contributed by atoms with Gasteiger partial charge in [-0.05, 0) is 24.8 Å². The van der Waals surface area contributed by atoms with Gasteiger partial charge in [-0.1, -0.05) is 30.3 Å². The maximum Gasteiger partial charge on any atom is 0.407 e. The highest BCUT2D eigenvalue weighted by atomic mass is 16.5. The number of unbranched alkanes of at least 4 members (excludes halogenated alkanes) is 1. The first-order chi connectivity index (χ1) is 14.7. The van der Waals surface area contributed by atoms with Crippen molar-refractivity contribution < 1.29 is 9.53 Å². The summed E-state index contributed by atoms with van der Waals surface area (Å²) in [6.07, 6.45) is 5.36. The molecular weight excluding hydrogens is 382 g/mol. The Labute approximate surface area is 175 Å². The van der Waals surface area contributed by atoms with Crippen LogP contribution in [0.5, 0.6) is 0 Å². The normalized spacial score (nSPS) is 16.7. The lowest BCUT2D eigenvalue weighted by Crippen LogP contribution is -2.37. The number of ether oxygens (including phenoxy) is 1. The summed E-state index contributed by atoms with van der Waals surface area (Å²) in [5.74, 6) is 0.382. The Balaban J connectivity index is 1.12. The van der Waals surface area contributed by atoms with Crippen molar-refractivity contribution in [3.8, 4) is 0 Å². The molecule has 3 aromatic rings. The van der Waals surface area contributed by atoms with Crippen molar-refractivity contribution in [2.24, 2.45) is 0 Å². The third-order valence-corrected chi connectivity index (χ3v) is 5.30. The standard InChI is InChI=1S/C21H27N7O2/c22-19-18-20(24-14-23-19)28(15-25-18)9-4-5-11-30-21(29)26-17-8-10-27(13-17)12-16-6-2-1-3-7-16/h1-3,6-7,14-15,17H,4-5,8-13H2,(H,26,29)(H2,22,23,24)/t17-/m1/s1. The second-order valence-electron chi connectivity index (χ2n) is 7.56. The van der Waals surface area contributed by atoms with Crippen LogP contribution in [-0.4, -0.2) is 56.3 Å². The zero-order chi connectivity index (χ0) is 20.8. The summed E-state index contributed by atoms with van der Waals surface area (Å²) in [4.78, 5) is 26.8. The van der Waals surface area contributed by atoms with Crippen LogP contribution in [0.1, 0.15) is 24.8 Å². The zero-order valence-electron chi connectivity index (χ0n) is 16.9. The molecule has 4 rings (SSSR count). The molecule has 1 fully saturated rings. The SMILES string of the molecule is Nc1ncnc2c1ncn2CCCCOC(=O)N[C@@H]1CCN(Cc2ccccc2)C1. The molecule has 9 heteroatoms. The maximum atomic E-state index is 12.1. The van der Waals surface area contributed by atoms with Gasteiger partial charge in [-0.25, -0.2) is 19.7 Å². The third-order valence-electron chi connectivity index (χ3n) is 5.30. The Morgan fingerprint density at radius 2 is 2.07 bits per heavy atom. The molecule has 1 saturated heterocycles. The third kappa shape index (κ3) is 5.04. The monoisotopic (exact) mass is 409 g/mol. The van der Waals surface area contributed by atoms with E-state index in [1.54, 1.807) is 6.33 Å². The Morgan fingerprint density at radius 3 is 2.93 bits per heavy atom. The molecule has 1 atom stereocenters. The fourth-order valence-corrected chi connectivity index (χ4v) is 3.76. The van der Waals surface area contributed by atoms with Crippen LogP contribution in [0.2, 0.25) is 0 Å². The fraction of sp³-hybridized carbons (Fsp3) is 0.429. The molecule has 0 saturated carbocycles. The number of imidazole rings is 1. The summed E-state index contributed by atoms with van der Waals surface area (Å²) >= 11 is 0. The number of likely N-dealkylation sites (tertiary alicyclic amines) is 1. The number of fused-ring (bicyclic) bond motifs is 1. The van der Waals surface area contributed by atoms with Gasteiger partial charge >= 0.3 is 6.09 Å². The topological polar surface area (TPSA) is 111 Å². The van der Waals surface area contributed by atoms with Gasteiger partial charge in [0.15, 0.2) is 11.5 Å². The molecule has 3 heterocycles. The summed E-state index contributed by atoms with van der Waals surface area (Å²) in [6.45, 7) is 3.86. The molecule has 0 spiro atoms. The van der Waals surface area contributed by atoms with E-state index in [9.17, 15) is 4.79 Å². The first-order valence-corrected chi connectivity index (χ1v) is 10.3. The number of nitrogens with zero attached hydrogens (tertiary/aromatic N) is 5. The van der Waals surface area contributed by atoms with Crippen molar-refractivity contribution in [1.29, 1.82) is 0 Å². The van der Waals surface area contributed by atoms with Crippen molar-refractivity contribution in [1.82, 2.24) is 29.7 Å². The minimum absolute atomic E-state index is 0.142. The van der Waals surface area contributed by atoms with E-state index in [0.717, 1.165) is 51.1 Å². The van der Waals surface area contributed by atoms with Crippen molar-refractivity contribution in [2.45, 2.75) is 38.4 Å². The van der Waals surface area contributed by atoms with E-state index in [0.29, 0.717) is 17.9 Å². The van der Waals surface area contributed by atoms with Gasteiger partial charge in [-0.15, -0.1) is 0 Å². The van der Waals surface area contributed by atoms with E-state index in [2.05, 4.69) is 49.4 Å². The van der Waals surface area contributed by atoms with E-state index < -0.39 is 0 Å². The van der Waals surface area contributed by atoms with Crippen LogP contribution in [0.3, 0.4) is 0 Å². The molecular formula is C21H27N7O2. The number of amides is 1. The number of nitrogens with two attached hydrogens (primary N) is 1. The van der Waals surface area contributed by atoms with E-state index in [4.69, 9.17) is 10.5 Å². The van der Waals surface area contributed by atoms with Crippen LogP contribution in [0.25, 0.3) is 11.2 Å². The summed E-state index contributed by atoms with van der Waals surface area (Å²) in [7, 11) is 0. The fourth-order valence-electron chi connectivity index (χ4n) is 3.76. The molecule has 0 aliphatic carbocycles. The smallest absolute Gasteiger partial charge is 0.407 e. The summed E-state index contributed by atoms with van der Waals surface area (Å²) in [5.41, 5.74) is 8.43. The van der Waals surface area contributed by atoms with Gasteiger partial charge in [0.2, 0.25) is 0 Å². The second-order valence-corrected chi connectivity index (χ2v) is 7.56. The van der Waals surface area contributed by atoms with E-state index in [1.165, 1.54) is 11.9 Å². The molecule has 1 amide bonds. The molecule has 1 aliphatic heterocycles. The minimum atomic E-state index is -0.338. The molecule has 0 bridgehead atoms. The second kappa shape index (κ2) is 9.53. The first-order valence-electron chi connectivity index (χ1n) is 10.3. The number of rotatable bonds is 8. The maximum absolute atomic E-state index is 12.1. The van der Waals surface area contributed by atoms with E-state index >= 15 is 0 Å². The summed E-state index contributed by atoms with van der Waals surface area (Å²) in [5, 5.41) is 2.98. The average molecular weight is 409 g/mol. The van der Waals surface area contributed by atoms with Crippen molar-refractivity contribution >= 4 is 23.1 Å². The number of hydrogen-bond donors (Lipinski definition) is 2. The van der Waals surface area contributed by atoms with Crippen LogP contribution in [-0.2, 0) is 17.8 Å². The Bertz CT molecular complexity index is 976. The van der Waals surface area contributed by atoms with Crippen molar-refractivity contribution in [3.63, 3.8) is 0 Å². The molecule has 1 aromatic carbocycles. The van der Waals surface area contributed by atoms with Gasteiger partial charge in [-0.2, -0.15) is 0 Å². The first kappa shape index (κ1) is 20.1. The van der Waals surface area contributed by atoms with Gasteiger partial charge < -0.3 is 20.4 Å². The molecule has 158 valence electrons. The van der Waals surface area contributed by atoms with Gasteiger partial charge in [0.25, 0.3) is 0 Å². The number of aryl methyl sites for hydroxylation is 1. The molecule has 0 radical (unpaired) electrons. The lowest BCUT2D eigenvalue weighted by molar-refractivity contribution is 0.139. The van der Waals surface area contributed by atoms with Gasteiger partial charge in [0.05, 0.1) is 12.9 Å². The van der Waals surface area contributed by atoms with Crippen molar-refractivity contribution in [3.05, 3.63) is 48.5 Å². The Kier molecular flexibility index (Phi) is 6.38. The molecule has 2 aromatic heterocycles. The largest absolute Gasteiger partial charge is 0.450 e. The number of hydrogen-bond acceptors (Lipinski definition) is 7. The highest BCUT2D eigenvalue weighted by molar-refractivity contribution is 5.81. The molecule has 0 unspecified atom stereocenters. The number of aromatic nitrogens is 4. The van der Waals surface area contributed by atoms with Crippen LogP contribution in [0.15, 0.2) is 43.0 Å². The van der Waals surface area contributed by atoms with E-state index in [-0.39, 0.29) is 12.1 Å². The predicted molar refractivity (Wildman–Crippen MR) is 114 cm³/mol. The van der Waals surface area contributed by atoms with Gasteiger partial charge in [0, 0.05) is 32.2 Å². The van der Waals surface area contributed by atoms with Crippen LogP contribution < -0.4 is 11.1 Å². The Hall–Kier alpha value is -3.20. The number of alkyl carbamates (subject to hydrolysis) is 1.